The van der Waals surface area contributed by atoms with Crippen molar-refractivity contribution in [3.05, 3.63) is 39.8 Å². The SMILES string of the molecule is Cc1ccc(NC(=O)c2nnc(C(=O)NCCCOC(C)C)s2)cc1. The van der Waals surface area contributed by atoms with Crippen molar-refractivity contribution < 1.29 is 14.3 Å². The van der Waals surface area contributed by atoms with Crippen LogP contribution < -0.4 is 10.6 Å². The van der Waals surface area contributed by atoms with Gasteiger partial charge in [-0.05, 0) is 39.3 Å². The Bertz CT molecular complexity index is 713. The van der Waals surface area contributed by atoms with Gasteiger partial charge in [-0.15, -0.1) is 10.2 Å². The first-order chi connectivity index (χ1) is 12.0. The van der Waals surface area contributed by atoms with Crippen molar-refractivity contribution in [2.75, 3.05) is 18.5 Å². The van der Waals surface area contributed by atoms with Crippen molar-refractivity contribution in [3.63, 3.8) is 0 Å². The molecule has 0 aliphatic heterocycles. The summed E-state index contributed by atoms with van der Waals surface area (Å²) in [5, 5.41) is 13.4. The smallest absolute Gasteiger partial charge is 0.286 e. The number of nitrogens with one attached hydrogen (secondary N) is 2. The molecule has 1 aromatic carbocycles. The van der Waals surface area contributed by atoms with Crippen LogP contribution in [0, 0.1) is 6.92 Å². The Balaban J connectivity index is 1.83. The molecular weight excluding hydrogens is 340 g/mol. The number of benzene rings is 1. The molecule has 25 heavy (non-hydrogen) atoms. The third kappa shape index (κ3) is 6.24. The van der Waals surface area contributed by atoms with Crippen molar-refractivity contribution in [2.24, 2.45) is 0 Å². The van der Waals surface area contributed by atoms with Gasteiger partial charge in [-0.3, -0.25) is 9.59 Å². The Morgan fingerprint density at radius 1 is 1.12 bits per heavy atom. The number of amides is 2. The maximum Gasteiger partial charge on any atom is 0.286 e. The second-order valence-corrected chi connectivity index (χ2v) is 6.74. The number of hydrogen-bond donors (Lipinski definition) is 2. The quantitative estimate of drug-likeness (QED) is 0.704. The normalized spacial score (nSPS) is 10.7. The van der Waals surface area contributed by atoms with E-state index in [0.717, 1.165) is 16.9 Å². The first-order valence-electron chi connectivity index (χ1n) is 8.07. The zero-order chi connectivity index (χ0) is 18.2. The molecule has 0 saturated carbocycles. The van der Waals surface area contributed by atoms with E-state index in [0.29, 0.717) is 25.3 Å². The fourth-order valence-corrected chi connectivity index (χ4v) is 2.55. The number of aromatic nitrogens is 2. The van der Waals surface area contributed by atoms with E-state index in [-0.39, 0.29) is 27.9 Å². The van der Waals surface area contributed by atoms with Crippen molar-refractivity contribution >= 4 is 28.8 Å². The van der Waals surface area contributed by atoms with E-state index in [1.807, 2.05) is 32.9 Å². The van der Waals surface area contributed by atoms with Gasteiger partial charge in [0.15, 0.2) is 0 Å². The van der Waals surface area contributed by atoms with Gasteiger partial charge in [-0.25, -0.2) is 0 Å². The summed E-state index contributed by atoms with van der Waals surface area (Å²) in [5.41, 5.74) is 1.77. The average Bonchev–Trinajstić information content (AvgIpc) is 3.06. The Labute approximate surface area is 150 Å². The van der Waals surface area contributed by atoms with Gasteiger partial charge in [-0.1, -0.05) is 29.0 Å². The van der Waals surface area contributed by atoms with E-state index in [1.165, 1.54) is 0 Å². The Morgan fingerprint density at radius 3 is 2.40 bits per heavy atom. The minimum atomic E-state index is -0.384. The van der Waals surface area contributed by atoms with E-state index in [1.54, 1.807) is 12.1 Å². The molecule has 8 heteroatoms. The molecule has 134 valence electrons. The van der Waals surface area contributed by atoms with Gasteiger partial charge in [0.05, 0.1) is 6.10 Å². The van der Waals surface area contributed by atoms with Crippen LogP contribution in [0.4, 0.5) is 5.69 Å². The molecule has 0 spiro atoms. The Kier molecular flexibility index (Phi) is 7.03. The van der Waals surface area contributed by atoms with Crippen LogP contribution >= 0.6 is 11.3 Å². The van der Waals surface area contributed by atoms with Gasteiger partial charge in [0, 0.05) is 18.8 Å². The van der Waals surface area contributed by atoms with E-state index in [4.69, 9.17) is 4.74 Å². The largest absolute Gasteiger partial charge is 0.379 e. The maximum absolute atomic E-state index is 12.1. The Morgan fingerprint density at radius 2 is 1.76 bits per heavy atom. The number of hydrogen-bond acceptors (Lipinski definition) is 6. The zero-order valence-electron chi connectivity index (χ0n) is 14.5. The number of carbonyl (C=O) groups excluding carboxylic acids is 2. The lowest BCUT2D eigenvalue weighted by Gasteiger charge is -2.07. The molecule has 0 atom stereocenters. The predicted molar refractivity (Wildman–Crippen MR) is 97.1 cm³/mol. The molecule has 0 aliphatic carbocycles. The highest BCUT2D eigenvalue weighted by atomic mass is 32.1. The van der Waals surface area contributed by atoms with Crippen LogP contribution in [0.5, 0.6) is 0 Å². The summed E-state index contributed by atoms with van der Waals surface area (Å²) in [6, 6.07) is 7.41. The standard InChI is InChI=1S/C17H22N4O3S/c1-11(2)24-10-4-9-18-14(22)16-20-21-17(25-16)15(23)19-13-7-5-12(3)6-8-13/h5-8,11H,4,9-10H2,1-3H3,(H,18,22)(H,19,23). The van der Waals surface area contributed by atoms with Crippen molar-refractivity contribution in [1.29, 1.82) is 0 Å². The van der Waals surface area contributed by atoms with Crippen LogP contribution in [0.1, 0.15) is 45.4 Å². The number of anilines is 1. The highest BCUT2D eigenvalue weighted by Gasteiger charge is 2.17. The second-order valence-electron chi connectivity index (χ2n) is 5.76. The minimum Gasteiger partial charge on any atom is -0.379 e. The maximum atomic E-state index is 12.1. The molecule has 1 aromatic heterocycles. The van der Waals surface area contributed by atoms with E-state index in [9.17, 15) is 9.59 Å². The number of rotatable bonds is 8. The lowest BCUT2D eigenvalue weighted by molar-refractivity contribution is 0.0757. The van der Waals surface area contributed by atoms with Gasteiger partial charge in [0.25, 0.3) is 11.8 Å². The van der Waals surface area contributed by atoms with Gasteiger partial charge in [-0.2, -0.15) is 0 Å². The fourth-order valence-electron chi connectivity index (χ4n) is 1.90. The molecule has 0 radical (unpaired) electrons. The Hall–Kier alpha value is -2.32. The molecular formula is C17H22N4O3S. The third-order valence-electron chi connectivity index (χ3n) is 3.18. The van der Waals surface area contributed by atoms with Crippen molar-refractivity contribution in [2.45, 2.75) is 33.3 Å². The predicted octanol–water partition coefficient (Wildman–Crippen LogP) is 2.64. The summed E-state index contributed by atoms with van der Waals surface area (Å²) in [6.07, 6.45) is 0.886. The molecule has 0 fully saturated rings. The highest BCUT2D eigenvalue weighted by Crippen LogP contribution is 2.14. The second kappa shape index (κ2) is 9.24. The number of aryl methyl sites for hydroxylation is 1. The minimum absolute atomic E-state index is 0.147. The summed E-state index contributed by atoms with van der Waals surface area (Å²) < 4.78 is 5.40. The first kappa shape index (κ1) is 19.0. The van der Waals surface area contributed by atoms with Gasteiger partial charge in [0.1, 0.15) is 0 Å². The molecule has 7 nitrogen and oxygen atoms in total. The number of ether oxygens (including phenoxy) is 1. The lowest BCUT2D eigenvalue weighted by atomic mass is 10.2. The van der Waals surface area contributed by atoms with Crippen LogP contribution in [0.15, 0.2) is 24.3 Å². The third-order valence-corrected chi connectivity index (χ3v) is 4.10. The molecule has 2 N–H and O–H groups in total. The first-order valence-corrected chi connectivity index (χ1v) is 8.88. The number of nitrogens with zero attached hydrogens (tertiary/aromatic N) is 2. The summed E-state index contributed by atoms with van der Waals surface area (Å²) in [4.78, 5) is 24.1. The molecule has 0 aliphatic rings. The summed E-state index contributed by atoms with van der Waals surface area (Å²) in [6.45, 7) is 6.95. The monoisotopic (exact) mass is 362 g/mol. The summed E-state index contributed by atoms with van der Waals surface area (Å²) in [5.74, 6) is -0.720. The molecule has 2 aromatic rings. The average molecular weight is 362 g/mol. The van der Waals surface area contributed by atoms with Crippen LogP contribution in [0.2, 0.25) is 0 Å². The van der Waals surface area contributed by atoms with Gasteiger partial charge < -0.3 is 15.4 Å². The molecule has 1 heterocycles. The van der Waals surface area contributed by atoms with Crippen molar-refractivity contribution in [1.82, 2.24) is 15.5 Å². The van der Waals surface area contributed by atoms with E-state index >= 15 is 0 Å². The van der Waals surface area contributed by atoms with E-state index < -0.39 is 0 Å². The fraction of sp³-hybridized carbons (Fsp3) is 0.412. The topological polar surface area (TPSA) is 93.2 Å². The highest BCUT2D eigenvalue weighted by molar-refractivity contribution is 7.15. The lowest BCUT2D eigenvalue weighted by Crippen LogP contribution is -2.25. The molecule has 0 bridgehead atoms. The van der Waals surface area contributed by atoms with Crippen LogP contribution in [-0.2, 0) is 4.74 Å². The van der Waals surface area contributed by atoms with Crippen LogP contribution in [-0.4, -0.2) is 41.3 Å². The van der Waals surface area contributed by atoms with Crippen LogP contribution in [0.25, 0.3) is 0 Å². The zero-order valence-corrected chi connectivity index (χ0v) is 15.4. The molecule has 2 amide bonds. The molecule has 0 saturated heterocycles. The van der Waals surface area contributed by atoms with Crippen LogP contribution in [0.3, 0.4) is 0 Å². The van der Waals surface area contributed by atoms with Gasteiger partial charge in [0.2, 0.25) is 10.0 Å². The molecule has 2 rings (SSSR count). The van der Waals surface area contributed by atoms with Crippen molar-refractivity contribution in [3.8, 4) is 0 Å². The summed E-state index contributed by atoms with van der Waals surface area (Å²) in [7, 11) is 0. The molecule has 0 unspecified atom stereocenters. The van der Waals surface area contributed by atoms with E-state index in [2.05, 4.69) is 20.8 Å². The number of carbonyl (C=O) groups is 2. The van der Waals surface area contributed by atoms with Gasteiger partial charge >= 0.3 is 0 Å². The summed E-state index contributed by atoms with van der Waals surface area (Å²) >= 11 is 0.963.